The topological polar surface area (TPSA) is 46.2 Å². The molecule has 0 spiro atoms. The van der Waals surface area contributed by atoms with Crippen LogP contribution in [0, 0.1) is 12.7 Å². The summed E-state index contributed by atoms with van der Waals surface area (Å²) in [6.45, 7) is 1.49. The van der Waals surface area contributed by atoms with Crippen molar-refractivity contribution in [1.29, 1.82) is 0 Å². The van der Waals surface area contributed by atoms with Gasteiger partial charge in [0.1, 0.15) is 5.82 Å². The SMILES string of the molecule is Cc1ccc(F)c(NS(=O)(=O)c2cc(C(F)(F)F)cc(C(F)(F)F)c2)c1. The van der Waals surface area contributed by atoms with Crippen LogP contribution in [0.2, 0.25) is 0 Å². The van der Waals surface area contributed by atoms with Crippen LogP contribution in [0.3, 0.4) is 0 Å². The molecule has 2 aromatic carbocycles. The van der Waals surface area contributed by atoms with Gasteiger partial charge in [-0.15, -0.1) is 0 Å². The zero-order chi connectivity index (χ0) is 19.9. The summed E-state index contributed by atoms with van der Waals surface area (Å²) in [7, 11) is -4.91. The molecule has 3 nitrogen and oxygen atoms in total. The highest BCUT2D eigenvalue weighted by atomic mass is 32.2. The molecule has 1 N–H and O–H groups in total. The zero-order valence-corrected chi connectivity index (χ0v) is 13.7. The summed E-state index contributed by atoms with van der Waals surface area (Å²) in [6, 6.07) is 3.15. The Kier molecular flexibility index (Phi) is 4.97. The average Bonchev–Trinajstić information content (AvgIpc) is 2.48. The molecule has 2 aromatic rings. The maximum absolute atomic E-state index is 13.7. The number of benzene rings is 2. The summed E-state index contributed by atoms with van der Waals surface area (Å²) in [5.41, 5.74) is -3.77. The summed E-state index contributed by atoms with van der Waals surface area (Å²) >= 11 is 0. The van der Waals surface area contributed by atoms with Crippen LogP contribution in [0.1, 0.15) is 16.7 Å². The molecule has 0 amide bonds. The third-order valence-corrected chi connectivity index (χ3v) is 4.58. The number of hydrogen-bond donors (Lipinski definition) is 1. The number of aryl methyl sites for hydroxylation is 1. The van der Waals surface area contributed by atoms with E-state index in [0.717, 1.165) is 12.1 Å². The summed E-state index contributed by atoms with van der Waals surface area (Å²) in [5.74, 6) is -1.04. The van der Waals surface area contributed by atoms with Crippen molar-refractivity contribution >= 4 is 15.7 Å². The van der Waals surface area contributed by atoms with Crippen LogP contribution in [-0.2, 0) is 22.4 Å². The molecule has 0 aliphatic rings. The summed E-state index contributed by atoms with van der Waals surface area (Å²) in [6.07, 6.45) is -10.4. The predicted molar refractivity (Wildman–Crippen MR) is 78.4 cm³/mol. The lowest BCUT2D eigenvalue weighted by atomic mass is 10.1. The van der Waals surface area contributed by atoms with E-state index in [9.17, 15) is 39.2 Å². The Morgan fingerprint density at radius 2 is 1.35 bits per heavy atom. The largest absolute Gasteiger partial charge is 0.416 e. The Morgan fingerprint density at radius 1 is 0.846 bits per heavy atom. The minimum absolute atomic E-state index is 0.0469. The van der Waals surface area contributed by atoms with Gasteiger partial charge < -0.3 is 0 Å². The maximum Gasteiger partial charge on any atom is 0.416 e. The maximum atomic E-state index is 13.7. The van der Waals surface area contributed by atoms with Crippen molar-refractivity contribution in [2.75, 3.05) is 4.72 Å². The molecule has 0 fully saturated rings. The third-order valence-electron chi connectivity index (χ3n) is 3.24. The van der Waals surface area contributed by atoms with Gasteiger partial charge in [-0.25, -0.2) is 12.8 Å². The first kappa shape index (κ1) is 20.0. The fourth-order valence-corrected chi connectivity index (χ4v) is 3.13. The lowest BCUT2D eigenvalue weighted by Gasteiger charge is -2.15. The molecule has 0 radical (unpaired) electrons. The van der Waals surface area contributed by atoms with Gasteiger partial charge in [-0.1, -0.05) is 6.07 Å². The number of alkyl halides is 6. The van der Waals surface area contributed by atoms with Gasteiger partial charge >= 0.3 is 12.4 Å². The van der Waals surface area contributed by atoms with Gasteiger partial charge in [0.2, 0.25) is 0 Å². The monoisotopic (exact) mass is 401 g/mol. The van der Waals surface area contributed by atoms with E-state index in [1.165, 1.54) is 13.0 Å². The van der Waals surface area contributed by atoms with Crippen LogP contribution in [0.25, 0.3) is 0 Å². The molecule has 0 saturated carbocycles. The highest BCUT2D eigenvalue weighted by Crippen LogP contribution is 2.37. The quantitative estimate of drug-likeness (QED) is 0.738. The normalized spacial score (nSPS) is 12.9. The number of anilines is 1. The molecule has 0 bridgehead atoms. The van der Waals surface area contributed by atoms with E-state index in [2.05, 4.69) is 0 Å². The molecule has 2 rings (SSSR count). The molecule has 142 valence electrons. The van der Waals surface area contributed by atoms with Gasteiger partial charge in [-0.3, -0.25) is 4.72 Å². The third kappa shape index (κ3) is 4.45. The van der Waals surface area contributed by atoms with Crippen molar-refractivity contribution in [3.8, 4) is 0 Å². The van der Waals surface area contributed by atoms with Crippen molar-refractivity contribution in [1.82, 2.24) is 0 Å². The first-order chi connectivity index (χ1) is 11.7. The minimum Gasteiger partial charge on any atom is -0.277 e. The molecule has 0 aromatic heterocycles. The smallest absolute Gasteiger partial charge is 0.277 e. The zero-order valence-electron chi connectivity index (χ0n) is 12.8. The first-order valence-corrected chi connectivity index (χ1v) is 8.27. The molecular weight excluding hydrogens is 391 g/mol. The number of hydrogen-bond acceptors (Lipinski definition) is 2. The molecule has 0 unspecified atom stereocenters. The number of halogens is 7. The Labute approximate surface area is 143 Å². The second-order valence-corrected chi connectivity index (χ2v) is 7.01. The summed E-state index contributed by atoms with van der Waals surface area (Å²) < 4.78 is 117. The summed E-state index contributed by atoms with van der Waals surface area (Å²) in [5, 5.41) is 0. The number of rotatable bonds is 3. The molecule has 0 aliphatic heterocycles. The van der Waals surface area contributed by atoms with Crippen molar-refractivity contribution in [3.05, 3.63) is 58.9 Å². The van der Waals surface area contributed by atoms with E-state index < -0.39 is 49.9 Å². The average molecular weight is 401 g/mol. The Balaban J connectivity index is 2.60. The Hall–Kier alpha value is -2.30. The fourth-order valence-electron chi connectivity index (χ4n) is 2.00. The molecule has 0 heterocycles. The van der Waals surface area contributed by atoms with E-state index in [1.807, 2.05) is 0 Å². The second-order valence-electron chi connectivity index (χ2n) is 5.33. The van der Waals surface area contributed by atoms with Gasteiger partial charge in [0.25, 0.3) is 10.0 Å². The molecule has 0 aliphatic carbocycles. The van der Waals surface area contributed by atoms with Crippen molar-refractivity contribution < 1.29 is 39.2 Å². The fraction of sp³-hybridized carbons (Fsp3) is 0.200. The lowest BCUT2D eigenvalue weighted by molar-refractivity contribution is -0.143. The molecule has 11 heteroatoms. The minimum atomic E-state index is -5.21. The second kappa shape index (κ2) is 6.45. The molecule has 0 saturated heterocycles. The van der Waals surface area contributed by atoms with E-state index in [0.29, 0.717) is 5.56 Å². The van der Waals surface area contributed by atoms with E-state index >= 15 is 0 Å². The van der Waals surface area contributed by atoms with Gasteiger partial charge in [0, 0.05) is 0 Å². The molecule has 26 heavy (non-hydrogen) atoms. The van der Waals surface area contributed by atoms with E-state index in [-0.39, 0.29) is 18.2 Å². The van der Waals surface area contributed by atoms with Crippen LogP contribution < -0.4 is 4.72 Å². The van der Waals surface area contributed by atoms with Crippen LogP contribution >= 0.6 is 0 Å². The highest BCUT2D eigenvalue weighted by molar-refractivity contribution is 7.92. The van der Waals surface area contributed by atoms with Crippen molar-refractivity contribution in [2.45, 2.75) is 24.2 Å². The van der Waals surface area contributed by atoms with Crippen LogP contribution in [0.15, 0.2) is 41.3 Å². The first-order valence-electron chi connectivity index (χ1n) is 6.78. The van der Waals surface area contributed by atoms with Crippen LogP contribution in [0.4, 0.5) is 36.4 Å². The standard InChI is InChI=1S/C15H10F7NO2S/c1-8-2-3-12(16)13(4-8)23-26(24,25)11-6-9(14(17,18)19)5-10(7-11)15(20,21)22/h2-7,23H,1H3. The number of sulfonamides is 1. The van der Waals surface area contributed by atoms with Gasteiger partial charge in [0.05, 0.1) is 21.7 Å². The van der Waals surface area contributed by atoms with Crippen LogP contribution in [0.5, 0.6) is 0 Å². The Morgan fingerprint density at radius 3 is 1.81 bits per heavy atom. The van der Waals surface area contributed by atoms with Crippen LogP contribution in [-0.4, -0.2) is 8.42 Å². The van der Waals surface area contributed by atoms with Crippen molar-refractivity contribution in [2.24, 2.45) is 0 Å². The van der Waals surface area contributed by atoms with Gasteiger partial charge in [0.15, 0.2) is 0 Å². The Bertz CT molecular complexity index is 902. The van der Waals surface area contributed by atoms with Gasteiger partial charge in [-0.2, -0.15) is 26.3 Å². The lowest BCUT2D eigenvalue weighted by Crippen LogP contribution is -2.18. The van der Waals surface area contributed by atoms with E-state index in [4.69, 9.17) is 0 Å². The number of nitrogens with one attached hydrogen (secondary N) is 1. The van der Waals surface area contributed by atoms with Gasteiger partial charge in [-0.05, 0) is 42.8 Å². The molecular formula is C15H10F7NO2S. The molecule has 0 atom stereocenters. The highest BCUT2D eigenvalue weighted by Gasteiger charge is 2.38. The predicted octanol–water partition coefficient (Wildman–Crippen LogP) is 4.97. The summed E-state index contributed by atoms with van der Waals surface area (Å²) in [4.78, 5) is -1.29. The van der Waals surface area contributed by atoms with E-state index in [1.54, 1.807) is 4.72 Å². The van der Waals surface area contributed by atoms with Crippen molar-refractivity contribution in [3.63, 3.8) is 0 Å².